The first-order valence-electron chi connectivity index (χ1n) is 11.4. The summed E-state index contributed by atoms with van der Waals surface area (Å²) in [4.78, 5) is 16.8. The monoisotopic (exact) mass is 425 g/mol. The number of nitrogens with zero attached hydrogens (tertiary/aromatic N) is 2. The fraction of sp³-hybridized carbons (Fsp3) is 0.480. The third-order valence-electron chi connectivity index (χ3n) is 6.39. The van der Waals surface area contributed by atoms with Gasteiger partial charge in [-0.3, -0.25) is 4.79 Å². The number of hydrogen-bond acceptors (Lipinski definition) is 4. The third kappa shape index (κ3) is 5.83. The number of aliphatic hydroxyl groups excluding tert-OH is 1. The van der Waals surface area contributed by atoms with Gasteiger partial charge in [-0.25, -0.2) is 4.39 Å². The van der Waals surface area contributed by atoms with Gasteiger partial charge in [0.2, 0.25) is 0 Å². The predicted octanol–water partition coefficient (Wildman–Crippen LogP) is 3.22. The van der Waals surface area contributed by atoms with E-state index in [0.29, 0.717) is 18.2 Å². The van der Waals surface area contributed by atoms with Crippen LogP contribution in [0.2, 0.25) is 0 Å². The van der Waals surface area contributed by atoms with Crippen molar-refractivity contribution in [1.82, 2.24) is 10.2 Å². The van der Waals surface area contributed by atoms with Crippen LogP contribution in [0.15, 0.2) is 48.5 Å². The molecule has 2 heterocycles. The summed E-state index contributed by atoms with van der Waals surface area (Å²) in [7, 11) is 0. The number of amides is 1. The molecule has 5 nitrogen and oxygen atoms in total. The van der Waals surface area contributed by atoms with Crippen LogP contribution >= 0.6 is 0 Å². The Balaban J connectivity index is 1.23. The zero-order valence-corrected chi connectivity index (χ0v) is 18.0. The molecule has 0 radical (unpaired) electrons. The average molecular weight is 426 g/mol. The maximum absolute atomic E-state index is 13.3. The van der Waals surface area contributed by atoms with Crippen LogP contribution in [0.25, 0.3) is 0 Å². The molecule has 31 heavy (non-hydrogen) atoms. The molecular weight excluding hydrogens is 393 g/mol. The summed E-state index contributed by atoms with van der Waals surface area (Å²) in [5, 5.41) is 13.4. The van der Waals surface area contributed by atoms with E-state index < -0.39 is 6.10 Å². The summed E-state index contributed by atoms with van der Waals surface area (Å²) in [5.74, 6) is -0.168. The van der Waals surface area contributed by atoms with Gasteiger partial charge in [-0.1, -0.05) is 12.1 Å². The van der Waals surface area contributed by atoms with E-state index in [1.807, 2.05) is 30.3 Å². The molecule has 2 N–H and O–H groups in total. The van der Waals surface area contributed by atoms with Gasteiger partial charge in [0.25, 0.3) is 5.91 Å². The Labute approximate surface area is 183 Å². The third-order valence-corrected chi connectivity index (χ3v) is 6.39. The molecule has 2 fully saturated rings. The zero-order chi connectivity index (χ0) is 21.6. The molecule has 2 aromatic carbocycles. The van der Waals surface area contributed by atoms with E-state index >= 15 is 0 Å². The summed E-state index contributed by atoms with van der Waals surface area (Å²) in [6, 6.07) is 15.2. The number of anilines is 1. The molecule has 4 rings (SSSR count). The Morgan fingerprint density at radius 3 is 2.55 bits per heavy atom. The SMILES string of the molecule is O=C(c1ccc(N2CCC(NCCc3cccc(F)c3)CC2)cc1)N1CCCC(O)C1. The van der Waals surface area contributed by atoms with E-state index in [1.54, 1.807) is 17.0 Å². The predicted molar refractivity (Wildman–Crippen MR) is 121 cm³/mol. The minimum atomic E-state index is -0.402. The van der Waals surface area contributed by atoms with Crippen molar-refractivity contribution in [3.8, 4) is 0 Å². The molecule has 0 aromatic heterocycles. The second-order valence-electron chi connectivity index (χ2n) is 8.69. The zero-order valence-electron chi connectivity index (χ0n) is 18.0. The highest BCUT2D eigenvalue weighted by Crippen LogP contribution is 2.22. The first-order valence-corrected chi connectivity index (χ1v) is 11.4. The van der Waals surface area contributed by atoms with Crippen LogP contribution in [0.1, 0.15) is 41.6 Å². The Kier molecular flexibility index (Phi) is 7.20. The van der Waals surface area contributed by atoms with E-state index in [2.05, 4.69) is 10.2 Å². The van der Waals surface area contributed by atoms with Crippen LogP contribution in [0.5, 0.6) is 0 Å². The van der Waals surface area contributed by atoms with Crippen molar-refractivity contribution in [3.63, 3.8) is 0 Å². The number of aliphatic hydroxyl groups is 1. The maximum atomic E-state index is 13.3. The van der Waals surface area contributed by atoms with Crippen LogP contribution in [0, 0.1) is 5.82 Å². The highest BCUT2D eigenvalue weighted by molar-refractivity contribution is 5.94. The molecule has 0 saturated carbocycles. The summed E-state index contributed by atoms with van der Waals surface area (Å²) in [5.41, 5.74) is 2.86. The van der Waals surface area contributed by atoms with Gasteiger partial charge in [0.05, 0.1) is 6.10 Å². The highest BCUT2D eigenvalue weighted by atomic mass is 19.1. The number of likely N-dealkylation sites (tertiary alicyclic amines) is 1. The first kappa shape index (κ1) is 21.8. The number of carbonyl (C=O) groups is 1. The minimum Gasteiger partial charge on any atom is -0.391 e. The lowest BCUT2D eigenvalue weighted by atomic mass is 10.0. The normalized spacial score (nSPS) is 20.1. The van der Waals surface area contributed by atoms with Crippen molar-refractivity contribution in [2.75, 3.05) is 37.6 Å². The Morgan fingerprint density at radius 1 is 1.06 bits per heavy atom. The number of benzene rings is 2. The molecule has 0 bridgehead atoms. The molecule has 6 heteroatoms. The lowest BCUT2D eigenvalue weighted by molar-refractivity contribution is 0.0474. The lowest BCUT2D eigenvalue weighted by Gasteiger charge is -2.34. The standard InChI is InChI=1S/C25H32FN3O2/c26-21-4-1-3-19(17-21)10-13-27-22-11-15-28(16-12-22)23-8-6-20(7-9-23)25(31)29-14-2-5-24(30)18-29/h1,3-4,6-9,17,22,24,27,30H,2,5,10-16,18H2. The van der Waals surface area contributed by atoms with Crippen molar-refractivity contribution in [1.29, 1.82) is 0 Å². The number of nitrogens with one attached hydrogen (secondary N) is 1. The largest absolute Gasteiger partial charge is 0.391 e. The molecule has 2 saturated heterocycles. The van der Waals surface area contributed by atoms with E-state index in [-0.39, 0.29) is 11.7 Å². The molecule has 1 unspecified atom stereocenters. The molecule has 166 valence electrons. The topological polar surface area (TPSA) is 55.8 Å². The van der Waals surface area contributed by atoms with Crippen molar-refractivity contribution in [2.24, 2.45) is 0 Å². The van der Waals surface area contributed by atoms with Gasteiger partial charge < -0.3 is 20.2 Å². The van der Waals surface area contributed by atoms with Crippen molar-refractivity contribution < 1.29 is 14.3 Å². The van der Waals surface area contributed by atoms with E-state index in [0.717, 1.165) is 69.5 Å². The summed E-state index contributed by atoms with van der Waals surface area (Å²) < 4.78 is 13.3. The van der Waals surface area contributed by atoms with Gasteiger partial charge in [-0.15, -0.1) is 0 Å². The lowest BCUT2D eigenvalue weighted by Crippen LogP contribution is -2.43. The number of β-amino-alcohol motifs (C(OH)–C–C–N with tert-alkyl or cyclic N) is 1. The van der Waals surface area contributed by atoms with Crippen LogP contribution in [-0.4, -0.2) is 60.8 Å². The van der Waals surface area contributed by atoms with Crippen LogP contribution in [0.3, 0.4) is 0 Å². The summed E-state index contributed by atoms with van der Waals surface area (Å²) in [6.07, 6.45) is 4.20. The van der Waals surface area contributed by atoms with Crippen molar-refractivity contribution in [2.45, 2.75) is 44.2 Å². The summed E-state index contributed by atoms with van der Waals surface area (Å²) in [6.45, 7) is 3.96. The van der Waals surface area contributed by atoms with E-state index in [9.17, 15) is 14.3 Å². The number of hydrogen-bond donors (Lipinski definition) is 2. The maximum Gasteiger partial charge on any atom is 0.253 e. The van der Waals surface area contributed by atoms with Gasteiger partial charge in [0.1, 0.15) is 5.82 Å². The Bertz CT molecular complexity index is 865. The van der Waals surface area contributed by atoms with Crippen molar-refractivity contribution >= 4 is 11.6 Å². The van der Waals surface area contributed by atoms with Gasteiger partial charge in [-0.2, -0.15) is 0 Å². The van der Waals surface area contributed by atoms with Crippen molar-refractivity contribution in [3.05, 3.63) is 65.5 Å². The quantitative estimate of drug-likeness (QED) is 0.746. The van der Waals surface area contributed by atoms with Gasteiger partial charge in [0.15, 0.2) is 0 Å². The molecular formula is C25H32FN3O2. The van der Waals surface area contributed by atoms with Gasteiger partial charge in [-0.05, 0) is 80.6 Å². The molecule has 2 aromatic rings. The number of piperidine rings is 2. The Hall–Kier alpha value is -2.44. The number of carbonyl (C=O) groups excluding carboxylic acids is 1. The fourth-order valence-corrected chi connectivity index (χ4v) is 4.59. The van der Waals surface area contributed by atoms with E-state index in [1.165, 1.54) is 6.07 Å². The van der Waals surface area contributed by atoms with Crippen LogP contribution in [-0.2, 0) is 6.42 Å². The Morgan fingerprint density at radius 2 is 1.84 bits per heavy atom. The molecule has 0 aliphatic carbocycles. The van der Waals surface area contributed by atoms with Gasteiger partial charge in [0, 0.05) is 43.5 Å². The second kappa shape index (κ2) is 10.2. The number of rotatable bonds is 6. The molecule has 0 spiro atoms. The molecule has 1 amide bonds. The molecule has 1 atom stereocenters. The smallest absolute Gasteiger partial charge is 0.253 e. The molecule has 2 aliphatic rings. The van der Waals surface area contributed by atoms with Crippen LogP contribution < -0.4 is 10.2 Å². The first-order chi connectivity index (χ1) is 15.1. The van der Waals surface area contributed by atoms with Crippen LogP contribution in [0.4, 0.5) is 10.1 Å². The fourth-order valence-electron chi connectivity index (χ4n) is 4.59. The molecule has 2 aliphatic heterocycles. The second-order valence-corrected chi connectivity index (χ2v) is 8.69. The summed E-state index contributed by atoms with van der Waals surface area (Å²) >= 11 is 0. The highest BCUT2D eigenvalue weighted by Gasteiger charge is 2.24. The average Bonchev–Trinajstić information content (AvgIpc) is 2.79. The minimum absolute atomic E-state index is 0.00602. The van der Waals surface area contributed by atoms with E-state index in [4.69, 9.17) is 0 Å². The number of halogens is 1. The van der Waals surface area contributed by atoms with Gasteiger partial charge >= 0.3 is 0 Å².